The third-order valence-corrected chi connectivity index (χ3v) is 9.60. The van der Waals surface area contributed by atoms with Gasteiger partial charge in [-0.15, -0.1) is 0 Å². The maximum Gasteiger partial charge on any atom is 0.262 e. The molecule has 3 aromatic rings. The van der Waals surface area contributed by atoms with Crippen LogP contribution in [0, 0.1) is 11.3 Å². The Labute approximate surface area is 226 Å². The molecule has 8 nitrogen and oxygen atoms in total. The molecule has 2 aliphatic carbocycles. The molecule has 7 rings (SSSR count). The molecule has 5 unspecified atom stereocenters. The zero-order valence-electron chi connectivity index (χ0n) is 21.4. The van der Waals surface area contributed by atoms with Crippen molar-refractivity contribution in [1.82, 2.24) is 15.2 Å². The van der Waals surface area contributed by atoms with Gasteiger partial charge in [-0.1, -0.05) is 30.7 Å². The first-order valence-electron chi connectivity index (χ1n) is 13.2. The Kier molecular flexibility index (Phi) is 5.60. The molecule has 6 atom stereocenters. The Morgan fingerprint density at radius 3 is 3.00 bits per heavy atom. The third kappa shape index (κ3) is 3.61. The summed E-state index contributed by atoms with van der Waals surface area (Å²) in [6.45, 7) is 3.68. The van der Waals surface area contributed by atoms with E-state index in [0.717, 1.165) is 41.8 Å². The lowest BCUT2D eigenvalue weighted by Crippen LogP contribution is -2.54. The van der Waals surface area contributed by atoms with Gasteiger partial charge < -0.3 is 25.2 Å². The average molecular weight is 535 g/mol. The van der Waals surface area contributed by atoms with Gasteiger partial charge in [0.1, 0.15) is 5.75 Å². The normalized spacial score (nSPS) is 29.9. The molecule has 3 heterocycles. The summed E-state index contributed by atoms with van der Waals surface area (Å²) in [4.78, 5) is 18.8. The molecule has 1 saturated heterocycles. The molecule has 9 heteroatoms. The second-order valence-electron chi connectivity index (χ2n) is 11.1. The number of hydrogen-bond donors (Lipinski definition) is 3. The number of pyridine rings is 1. The number of aliphatic hydroxyl groups excluding tert-OH is 1. The van der Waals surface area contributed by atoms with Gasteiger partial charge in [-0.25, -0.2) is 4.98 Å². The average Bonchev–Trinajstić information content (AvgIpc) is 3.25. The smallest absolute Gasteiger partial charge is 0.262 e. The van der Waals surface area contributed by atoms with Gasteiger partial charge >= 0.3 is 0 Å². The van der Waals surface area contributed by atoms with E-state index in [-0.39, 0.29) is 12.5 Å². The number of halogens is 1. The second-order valence-corrected chi connectivity index (χ2v) is 11.6. The third-order valence-electron chi connectivity index (χ3n) is 9.27. The van der Waals surface area contributed by atoms with E-state index in [1.807, 2.05) is 42.5 Å². The van der Waals surface area contributed by atoms with Gasteiger partial charge in [0.15, 0.2) is 6.61 Å². The summed E-state index contributed by atoms with van der Waals surface area (Å²) in [5, 5.41) is 19.5. The van der Waals surface area contributed by atoms with E-state index < -0.39 is 6.10 Å². The minimum Gasteiger partial charge on any atom is -0.482 e. The number of anilines is 1. The van der Waals surface area contributed by atoms with Crippen LogP contribution in [-0.2, 0) is 11.3 Å². The van der Waals surface area contributed by atoms with Crippen molar-refractivity contribution in [3.63, 3.8) is 0 Å². The van der Waals surface area contributed by atoms with Gasteiger partial charge in [0.05, 0.1) is 24.4 Å². The number of benzene rings is 2. The molecule has 3 fully saturated rings. The highest BCUT2D eigenvalue weighted by molar-refractivity contribution is 6.32. The highest BCUT2D eigenvalue weighted by Gasteiger charge is 2.80. The Hall–Kier alpha value is -2.91. The fraction of sp³-hybridized carbons (Fsp3) is 0.448. The first-order chi connectivity index (χ1) is 18.4. The standard InChI is InChI=1S/C29H31ClN4O4/c1-15-28-29(15)11-18(31-12-16-3-7-22-20(9-16)32-24(36)14-38-22)10-23(29)34(28)13-21(35)26-19(30)6-4-17-5-8-25(37-2)33-27(17)26/h3-9,15,18,21,23,28,31,35H,10-14H2,1-2H3,(H,32,36)/t15-,18?,21?,23?,28?,29?/m0/s1. The van der Waals surface area contributed by atoms with Gasteiger partial charge in [0.25, 0.3) is 5.91 Å². The van der Waals surface area contributed by atoms with Crippen LogP contribution in [0.5, 0.6) is 11.6 Å². The van der Waals surface area contributed by atoms with Crippen molar-refractivity contribution in [2.45, 2.75) is 50.5 Å². The molecule has 1 spiro atoms. The highest BCUT2D eigenvalue weighted by Crippen LogP contribution is 2.74. The summed E-state index contributed by atoms with van der Waals surface area (Å²) < 4.78 is 10.8. The van der Waals surface area contributed by atoms with Crippen LogP contribution in [0.4, 0.5) is 5.69 Å². The molecule has 0 radical (unpaired) electrons. The number of β-amino-alcohol motifs (C(OH)–C–C–N with tert-alkyl or cyclic N) is 1. The molecule has 3 N–H and O–H groups in total. The first-order valence-corrected chi connectivity index (χ1v) is 13.6. The lowest BCUT2D eigenvalue weighted by atomic mass is 9.88. The van der Waals surface area contributed by atoms with Crippen LogP contribution in [0.1, 0.15) is 37.0 Å². The number of rotatable bonds is 7. The summed E-state index contributed by atoms with van der Waals surface area (Å²) in [5.74, 6) is 1.72. The van der Waals surface area contributed by atoms with Crippen LogP contribution in [0.25, 0.3) is 10.9 Å². The van der Waals surface area contributed by atoms with E-state index in [1.165, 1.54) is 0 Å². The number of nitrogens with one attached hydrogen (secondary N) is 2. The Morgan fingerprint density at radius 1 is 1.32 bits per heavy atom. The Morgan fingerprint density at radius 2 is 2.16 bits per heavy atom. The number of amides is 1. The van der Waals surface area contributed by atoms with E-state index in [4.69, 9.17) is 21.1 Å². The molecular formula is C29H31ClN4O4. The van der Waals surface area contributed by atoms with Crippen LogP contribution in [0.2, 0.25) is 5.02 Å². The van der Waals surface area contributed by atoms with E-state index >= 15 is 0 Å². The van der Waals surface area contributed by atoms with E-state index in [9.17, 15) is 9.90 Å². The van der Waals surface area contributed by atoms with Crippen molar-refractivity contribution < 1.29 is 19.4 Å². The Balaban J connectivity index is 1.04. The zero-order chi connectivity index (χ0) is 26.2. The summed E-state index contributed by atoms with van der Waals surface area (Å²) in [6.07, 6.45) is 1.46. The van der Waals surface area contributed by atoms with Crippen molar-refractivity contribution in [3.05, 3.63) is 58.6 Å². The number of fused-ring (bicyclic) bond motifs is 2. The largest absolute Gasteiger partial charge is 0.482 e. The van der Waals surface area contributed by atoms with Crippen LogP contribution in [0.3, 0.4) is 0 Å². The lowest BCUT2D eigenvalue weighted by molar-refractivity contribution is -0.118. The van der Waals surface area contributed by atoms with Gasteiger partial charge in [0, 0.05) is 58.7 Å². The van der Waals surface area contributed by atoms with Gasteiger partial charge in [-0.3, -0.25) is 9.69 Å². The predicted molar refractivity (Wildman–Crippen MR) is 145 cm³/mol. The lowest BCUT2D eigenvalue weighted by Gasteiger charge is -2.44. The summed E-state index contributed by atoms with van der Waals surface area (Å²) in [6, 6.07) is 14.8. The maximum atomic E-state index is 11.7. The number of methoxy groups -OCH3 is 1. The van der Waals surface area contributed by atoms with E-state index in [2.05, 4.69) is 27.4 Å². The molecule has 4 aliphatic rings. The molecule has 0 bridgehead atoms. The number of aliphatic hydroxyl groups is 1. The molecule has 1 amide bonds. The minimum absolute atomic E-state index is 0.0676. The molecule has 1 aromatic heterocycles. The molecule has 198 valence electrons. The quantitative estimate of drug-likeness (QED) is 0.423. The zero-order valence-corrected chi connectivity index (χ0v) is 22.2. The second kappa shape index (κ2) is 8.81. The van der Waals surface area contributed by atoms with Gasteiger partial charge in [-0.2, -0.15) is 0 Å². The number of carbonyl (C=O) groups excluding carboxylic acids is 1. The number of nitrogens with zero attached hydrogens (tertiary/aromatic N) is 2. The number of aromatic nitrogens is 1. The fourth-order valence-electron chi connectivity index (χ4n) is 7.51. The molecule has 38 heavy (non-hydrogen) atoms. The van der Waals surface area contributed by atoms with Crippen LogP contribution in [0.15, 0.2) is 42.5 Å². The topological polar surface area (TPSA) is 96.0 Å². The molecule has 2 aromatic carbocycles. The predicted octanol–water partition coefficient (Wildman–Crippen LogP) is 3.90. The van der Waals surface area contributed by atoms with Gasteiger partial charge in [-0.05, 0) is 48.6 Å². The number of likely N-dealkylation sites (tertiary alicyclic amines) is 1. The summed E-state index contributed by atoms with van der Waals surface area (Å²) >= 11 is 6.60. The van der Waals surface area contributed by atoms with Crippen molar-refractivity contribution >= 4 is 34.1 Å². The highest BCUT2D eigenvalue weighted by atomic mass is 35.5. The van der Waals surface area contributed by atoms with Crippen molar-refractivity contribution in [3.8, 4) is 11.6 Å². The summed E-state index contributed by atoms with van der Waals surface area (Å²) in [7, 11) is 1.59. The van der Waals surface area contributed by atoms with E-state index in [1.54, 1.807) is 7.11 Å². The first kappa shape index (κ1) is 24.2. The van der Waals surface area contributed by atoms with Crippen LogP contribution >= 0.6 is 11.6 Å². The maximum absolute atomic E-state index is 11.7. The number of ether oxygens (including phenoxy) is 2. The van der Waals surface area contributed by atoms with Crippen LogP contribution < -0.4 is 20.1 Å². The van der Waals surface area contributed by atoms with Crippen molar-refractivity contribution in [2.24, 2.45) is 11.3 Å². The number of hydrogen-bond acceptors (Lipinski definition) is 7. The van der Waals surface area contributed by atoms with E-state index in [0.29, 0.717) is 58.0 Å². The van der Waals surface area contributed by atoms with Crippen molar-refractivity contribution in [2.75, 3.05) is 25.6 Å². The monoisotopic (exact) mass is 534 g/mol. The number of carbonyl (C=O) groups is 1. The van der Waals surface area contributed by atoms with Crippen LogP contribution in [-0.4, -0.2) is 59.3 Å². The molecule has 2 aliphatic heterocycles. The minimum atomic E-state index is -0.739. The Bertz CT molecular complexity index is 1450. The molecule has 2 saturated carbocycles. The SMILES string of the molecule is COc1ccc2ccc(Cl)c(C(O)CN3C4CC(NCc5ccc6c(c5)NC(=O)CO6)CC45C3[C@@H]5C)c2n1. The fourth-order valence-corrected chi connectivity index (χ4v) is 7.79. The molecular weight excluding hydrogens is 504 g/mol. The van der Waals surface area contributed by atoms with Gasteiger partial charge in [0.2, 0.25) is 5.88 Å². The summed E-state index contributed by atoms with van der Waals surface area (Å²) in [5.41, 5.74) is 3.56. The van der Waals surface area contributed by atoms with Crippen molar-refractivity contribution in [1.29, 1.82) is 0 Å².